The number of amides is 1. The first-order valence-corrected chi connectivity index (χ1v) is 8.50. The van der Waals surface area contributed by atoms with E-state index >= 15 is 0 Å². The number of hydrogen-bond acceptors (Lipinski definition) is 5. The van der Waals surface area contributed by atoms with Crippen LogP contribution in [0.15, 0.2) is 0 Å². The van der Waals surface area contributed by atoms with Crippen LogP contribution in [0.4, 0.5) is 0 Å². The van der Waals surface area contributed by atoms with Crippen LogP contribution in [0.3, 0.4) is 0 Å². The van der Waals surface area contributed by atoms with Crippen LogP contribution in [0.1, 0.15) is 6.92 Å². The van der Waals surface area contributed by atoms with Crippen LogP contribution in [0.25, 0.3) is 0 Å². The number of halogens is 1. The second-order valence-corrected chi connectivity index (χ2v) is 8.10. The molecule has 0 aromatic heterocycles. The summed E-state index contributed by atoms with van der Waals surface area (Å²) in [5, 5.41) is 9.84. The highest BCUT2D eigenvalue weighted by atomic mass is 35.5. The van der Waals surface area contributed by atoms with Crippen molar-refractivity contribution in [3.8, 4) is 0 Å². The quantitative estimate of drug-likeness (QED) is 0.676. The number of aliphatic carboxylic acids is 1. The Labute approximate surface area is 114 Å². The van der Waals surface area contributed by atoms with Gasteiger partial charge in [-0.05, 0) is 6.92 Å². The van der Waals surface area contributed by atoms with Gasteiger partial charge < -0.3 is 10.4 Å². The highest BCUT2D eigenvalue weighted by Gasteiger charge is 2.37. The fraction of sp³-hybridized carbons (Fsp3) is 0.778. The molecule has 0 saturated carbocycles. The number of thioether (sulfide) groups is 1. The lowest BCUT2D eigenvalue weighted by molar-refractivity contribution is -0.136. The SMILES string of the molecule is CC(SCC(=O)NC1CS(=O)(=O)CC1Cl)C(=O)O. The minimum Gasteiger partial charge on any atom is -0.480 e. The molecule has 1 fully saturated rings. The predicted molar refractivity (Wildman–Crippen MR) is 69.8 cm³/mol. The molecule has 0 aliphatic carbocycles. The van der Waals surface area contributed by atoms with E-state index in [1.165, 1.54) is 6.92 Å². The largest absolute Gasteiger partial charge is 0.480 e. The molecule has 1 aliphatic rings. The van der Waals surface area contributed by atoms with Crippen LogP contribution in [-0.2, 0) is 19.4 Å². The van der Waals surface area contributed by atoms with Gasteiger partial charge in [-0.15, -0.1) is 23.4 Å². The molecule has 9 heteroatoms. The summed E-state index contributed by atoms with van der Waals surface area (Å²) in [4.78, 5) is 22.0. The molecule has 1 saturated heterocycles. The van der Waals surface area contributed by atoms with E-state index in [1.54, 1.807) is 0 Å². The molecular formula is C9H14ClNO5S2. The fourth-order valence-corrected chi connectivity index (χ4v) is 4.63. The highest BCUT2D eigenvalue weighted by Crippen LogP contribution is 2.18. The van der Waals surface area contributed by atoms with E-state index in [9.17, 15) is 18.0 Å². The molecule has 104 valence electrons. The second kappa shape index (κ2) is 6.12. The van der Waals surface area contributed by atoms with Crippen LogP contribution < -0.4 is 5.32 Å². The lowest BCUT2D eigenvalue weighted by Gasteiger charge is -2.14. The number of carboxylic acids is 1. The Bertz CT molecular complexity index is 438. The number of carbonyl (C=O) groups is 2. The van der Waals surface area contributed by atoms with E-state index in [-0.39, 0.29) is 17.3 Å². The van der Waals surface area contributed by atoms with Gasteiger partial charge in [0.05, 0.1) is 33.9 Å². The van der Waals surface area contributed by atoms with Crippen molar-refractivity contribution >= 4 is 45.1 Å². The van der Waals surface area contributed by atoms with Gasteiger partial charge in [0.1, 0.15) is 0 Å². The summed E-state index contributed by atoms with van der Waals surface area (Å²) in [6, 6.07) is -0.593. The van der Waals surface area contributed by atoms with E-state index in [0.29, 0.717) is 0 Å². The molecule has 0 aromatic rings. The van der Waals surface area contributed by atoms with Crippen molar-refractivity contribution in [1.82, 2.24) is 5.32 Å². The van der Waals surface area contributed by atoms with Crippen molar-refractivity contribution in [3.05, 3.63) is 0 Å². The molecular weight excluding hydrogens is 302 g/mol. The van der Waals surface area contributed by atoms with Crippen molar-refractivity contribution in [2.45, 2.75) is 23.6 Å². The van der Waals surface area contributed by atoms with Crippen LogP contribution >= 0.6 is 23.4 Å². The number of carbonyl (C=O) groups excluding carboxylic acids is 1. The van der Waals surface area contributed by atoms with E-state index in [4.69, 9.17) is 16.7 Å². The fourth-order valence-electron chi connectivity index (χ4n) is 1.46. The van der Waals surface area contributed by atoms with E-state index in [1.807, 2.05) is 0 Å². The summed E-state index contributed by atoms with van der Waals surface area (Å²) < 4.78 is 22.5. The molecule has 1 amide bonds. The first kappa shape index (κ1) is 15.6. The topological polar surface area (TPSA) is 101 Å². The molecule has 6 nitrogen and oxygen atoms in total. The molecule has 3 atom stereocenters. The van der Waals surface area contributed by atoms with Gasteiger partial charge in [-0.1, -0.05) is 0 Å². The van der Waals surface area contributed by atoms with Gasteiger partial charge in [0, 0.05) is 0 Å². The van der Waals surface area contributed by atoms with E-state index in [2.05, 4.69) is 5.32 Å². The van der Waals surface area contributed by atoms with Gasteiger partial charge in [-0.25, -0.2) is 8.42 Å². The zero-order valence-electron chi connectivity index (χ0n) is 9.63. The molecule has 3 unspecified atom stereocenters. The third-order valence-corrected chi connectivity index (χ3v) is 5.95. The van der Waals surface area contributed by atoms with Gasteiger partial charge in [0.15, 0.2) is 9.84 Å². The monoisotopic (exact) mass is 315 g/mol. The zero-order valence-corrected chi connectivity index (χ0v) is 12.0. The van der Waals surface area contributed by atoms with Gasteiger partial charge in [0.2, 0.25) is 5.91 Å². The highest BCUT2D eigenvalue weighted by molar-refractivity contribution is 8.01. The molecule has 1 aliphatic heterocycles. The van der Waals surface area contributed by atoms with Gasteiger partial charge in [-0.3, -0.25) is 9.59 Å². The number of nitrogens with one attached hydrogen (secondary N) is 1. The molecule has 1 heterocycles. The summed E-state index contributed by atoms with van der Waals surface area (Å²) in [6.07, 6.45) is 0. The lowest BCUT2D eigenvalue weighted by atomic mass is 10.2. The summed E-state index contributed by atoms with van der Waals surface area (Å²) in [5.41, 5.74) is 0. The zero-order chi connectivity index (χ0) is 13.9. The summed E-state index contributed by atoms with van der Waals surface area (Å²) in [5.74, 6) is -1.73. The smallest absolute Gasteiger partial charge is 0.316 e. The standard InChI is InChI=1S/C9H14ClNO5S2/c1-5(9(13)14)17-2-8(12)11-7-4-18(15,16)3-6(7)10/h5-7H,2-4H2,1H3,(H,11,12)(H,13,14). The van der Waals surface area contributed by atoms with Crippen LogP contribution in [0.5, 0.6) is 0 Å². The molecule has 0 spiro atoms. The number of rotatable bonds is 5. The molecule has 0 aromatic carbocycles. The summed E-state index contributed by atoms with van der Waals surface area (Å²) in [7, 11) is -3.18. The number of carboxylic acid groups (broad SMARTS) is 1. The van der Waals surface area contributed by atoms with Crippen LogP contribution in [-0.4, -0.2) is 59.3 Å². The Morgan fingerprint density at radius 1 is 1.50 bits per heavy atom. The van der Waals surface area contributed by atoms with Gasteiger partial charge in [0.25, 0.3) is 0 Å². The van der Waals surface area contributed by atoms with Gasteiger partial charge in [-0.2, -0.15) is 0 Å². The minimum atomic E-state index is -3.18. The third-order valence-electron chi connectivity index (χ3n) is 2.44. The average molecular weight is 316 g/mol. The maximum atomic E-state index is 11.5. The maximum absolute atomic E-state index is 11.5. The molecule has 1 rings (SSSR count). The number of alkyl halides is 1. The first-order chi connectivity index (χ1) is 8.21. The van der Waals surface area contributed by atoms with Crippen molar-refractivity contribution < 1.29 is 23.1 Å². The Balaban J connectivity index is 2.40. The second-order valence-electron chi connectivity index (χ2n) is 4.06. The lowest BCUT2D eigenvalue weighted by Crippen LogP contribution is -2.41. The maximum Gasteiger partial charge on any atom is 0.316 e. The first-order valence-electron chi connectivity index (χ1n) is 5.19. The third kappa shape index (κ3) is 4.66. The average Bonchev–Trinajstić information content (AvgIpc) is 2.48. The van der Waals surface area contributed by atoms with Crippen molar-refractivity contribution in [2.24, 2.45) is 0 Å². The Kier molecular flexibility index (Phi) is 5.30. The Morgan fingerprint density at radius 2 is 2.11 bits per heavy atom. The number of hydrogen-bond donors (Lipinski definition) is 2. The summed E-state index contributed by atoms with van der Waals surface area (Å²) in [6.45, 7) is 1.48. The van der Waals surface area contributed by atoms with Gasteiger partial charge >= 0.3 is 5.97 Å². The van der Waals surface area contributed by atoms with E-state index < -0.39 is 38.4 Å². The van der Waals surface area contributed by atoms with Crippen LogP contribution in [0, 0.1) is 0 Å². The number of sulfone groups is 1. The van der Waals surface area contributed by atoms with Crippen molar-refractivity contribution in [2.75, 3.05) is 17.3 Å². The molecule has 0 radical (unpaired) electrons. The Hall–Kier alpha value is -0.470. The minimum absolute atomic E-state index is 0.0341. The summed E-state index contributed by atoms with van der Waals surface area (Å²) >= 11 is 6.80. The molecule has 2 N–H and O–H groups in total. The molecule has 18 heavy (non-hydrogen) atoms. The Morgan fingerprint density at radius 3 is 2.56 bits per heavy atom. The normalized spacial score (nSPS) is 27.7. The van der Waals surface area contributed by atoms with Crippen molar-refractivity contribution in [3.63, 3.8) is 0 Å². The van der Waals surface area contributed by atoms with E-state index in [0.717, 1.165) is 11.8 Å². The predicted octanol–water partition coefficient (Wildman–Crippen LogP) is -0.287. The molecule has 0 bridgehead atoms. The van der Waals surface area contributed by atoms with Crippen molar-refractivity contribution in [1.29, 1.82) is 0 Å². The van der Waals surface area contributed by atoms with Crippen LogP contribution in [0.2, 0.25) is 0 Å².